The predicted octanol–water partition coefficient (Wildman–Crippen LogP) is 2.67. The van der Waals surface area contributed by atoms with Crippen molar-refractivity contribution in [1.29, 1.82) is 0 Å². The Kier molecular flexibility index (Phi) is 7.48. The fraction of sp³-hybridized carbons (Fsp3) is 0.333. The lowest BCUT2D eigenvalue weighted by Gasteiger charge is -2.12. The van der Waals surface area contributed by atoms with E-state index in [0.717, 1.165) is 5.69 Å². The smallest absolute Gasteiger partial charge is 0.242 e. The van der Waals surface area contributed by atoms with E-state index in [1.165, 1.54) is 23.1 Å². The van der Waals surface area contributed by atoms with Crippen molar-refractivity contribution in [3.8, 4) is 0 Å². The zero-order valence-electron chi connectivity index (χ0n) is 13.7. The Labute approximate surface area is 158 Å². The van der Waals surface area contributed by atoms with Crippen LogP contribution in [-0.4, -0.2) is 40.4 Å². The number of hydrogen-bond acceptors (Lipinski definition) is 7. The van der Waals surface area contributed by atoms with Crippen molar-refractivity contribution in [3.63, 3.8) is 0 Å². The van der Waals surface area contributed by atoms with Crippen molar-refractivity contribution >= 4 is 57.3 Å². The molecule has 1 heterocycles. The van der Waals surface area contributed by atoms with Crippen molar-refractivity contribution in [2.24, 2.45) is 0 Å². The lowest BCUT2D eigenvalue weighted by atomic mass is 10.3. The second-order valence-corrected chi connectivity index (χ2v) is 7.62. The molecule has 0 radical (unpaired) electrons. The Morgan fingerprint density at radius 3 is 2.88 bits per heavy atom. The molecule has 7 nitrogen and oxygen atoms in total. The van der Waals surface area contributed by atoms with Crippen LogP contribution in [0, 0.1) is 0 Å². The van der Waals surface area contributed by atoms with Gasteiger partial charge in [0.25, 0.3) is 0 Å². The number of halogens is 1. The second kappa shape index (κ2) is 9.59. The Morgan fingerprint density at radius 1 is 1.36 bits per heavy atom. The maximum absolute atomic E-state index is 11.9. The molecule has 10 heteroatoms. The van der Waals surface area contributed by atoms with Crippen LogP contribution in [0.15, 0.2) is 28.6 Å². The molecule has 1 atom stereocenters. The summed E-state index contributed by atoms with van der Waals surface area (Å²) in [6, 6.07) is 6.71. The molecule has 0 aliphatic heterocycles. The average Bonchev–Trinajstić information content (AvgIpc) is 3.00. The summed E-state index contributed by atoms with van der Waals surface area (Å²) in [6.07, 6.45) is 0. The van der Waals surface area contributed by atoms with E-state index in [0.29, 0.717) is 21.0 Å². The van der Waals surface area contributed by atoms with Gasteiger partial charge in [-0.25, -0.2) is 0 Å². The van der Waals surface area contributed by atoms with Crippen LogP contribution in [0.5, 0.6) is 0 Å². The molecule has 2 rings (SSSR count). The molecule has 3 N–H and O–H groups in total. The first-order chi connectivity index (χ1) is 12.0. The van der Waals surface area contributed by atoms with Gasteiger partial charge in [0.05, 0.1) is 5.75 Å². The normalized spacial score (nSPS) is 11.6. The van der Waals surface area contributed by atoms with Gasteiger partial charge in [-0.3, -0.25) is 9.59 Å². The van der Waals surface area contributed by atoms with Gasteiger partial charge in [0, 0.05) is 17.3 Å². The van der Waals surface area contributed by atoms with Crippen LogP contribution in [-0.2, 0) is 9.59 Å². The molecule has 0 unspecified atom stereocenters. The first kappa shape index (κ1) is 19.5. The van der Waals surface area contributed by atoms with E-state index in [1.54, 1.807) is 19.1 Å². The van der Waals surface area contributed by atoms with Crippen LogP contribution in [0.2, 0.25) is 5.02 Å². The molecule has 0 saturated carbocycles. The summed E-state index contributed by atoms with van der Waals surface area (Å²) in [7, 11) is 0. The third kappa shape index (κ3) is 6.52. The largest absolute Gasteiger partial charge is 0.355 e. The minimum absolute atomic E-state index is 0.162. The lowest BCUT2D eigenvalue weighted by Crippen LogP contribution is -2.45. The molecule has 1 aromatic heterocycles. The molecule has 0 spiro atoms. The third-order valence-corrected chi connectivity index (χ3v) is 5.14. The molecule has 0 bridgehead atoms. The van der Waals surface area contributed by atoms with Gasteiger partial charge in [0.15, 0.2) is 4.34 Å². The van der Waals surface area contributed by atoms with Crippen molar-refractivity contribution in [1.82, 2.24) is 20.8 Å². The minimum atomic E-state index is -0.567. The van der Waals surface area contributed by atoms with E-state index < -0.39 is 6.04 Å². The maximum atomic E-state index is 11.9. The Balaban J connectivity index is 1.81. The molecule has 2 amide bonds. The van der Waals surface area contributed by atoms with Crippen LogP contribution in [0.25, 0.3) is 0 Å². The standard InChI is InChI=1S/C15H18ClN5O2S2/c1-3-17-13(23)9(2)18-12(22)8-24-15-21-20-14(25-15)19-11-6-4-5-10(16)7-11/h4-7,9H,3,8H2,1-2H3,(H,17,23)(H,18,22)(H,19,20)/t9-/m0/s1. The molecule has 0 saturated heterocycles. The minimum Gasteiger partial charge on any atom is -0.355 e. The van der Waals surface area contributed by atoms with E-state index in [2.05, 4.69) is 26.1 Å². The van der Waals surface area contributed by atoms with Gasteiger partial charge in [0.1, 0.15) is 6.04 Å². The summed E-state index contributed by atoms with van der Waals surface area (Å²) in [5, 5.41) is 17.7. The van der Waals surface area contributed by atoms with E-state index in [9.17, 15) is 9.59 Å². The summed E-state index contributed by atoms with van der Waals surface area (Å²) in [5.41, 5.74) is 0.814. The summed E-state index contributed by atoms with van der Waals surface area (Å²) in [5.74, 6) is -0.275. The van der Waals surface area contributed by atoms with Gasteiger partial charge in [0.2, 0.25) is 16.9 Å². The van der Waals surface area contributed by atoms with Crippen LogP contribution in [0.1, 0.15) is 13.8 Å². The molecule has 2 aromatic rings. The molecule has 25 heavy (non-hydrogen) atoms. The highest BCUT2D eigenvalue weighted by Crippen LogP contribution is 2.28. The number of hydrogen-bond donors (Lipinski definition) is 3. The molecule has 0 aliphatic carbocycles. The van der Waals surface area contributed by atoms with Crippen molar-refractivity contribution in [3.05, 3.63) is 29.3 Å². The Hall–Kier alpha value is -1.84. The Bertz CT molecular complexity index is 740. The van der Waals surface area contributed by atoms with Crippen LogP contribution >= 0.6 is 34.7 Å². The van der Waals surface area contributed by atoms with E-state index >= 15 is 0 Å². The number of aromatic nitrogens is 2. The SMILES string of the molecule is CCNC(=O)[C@H](C)NC(=O)CSc1nnc(Nc2cccc(Cl)c2)s1. The number of amides is 2. The molecular weight excluding hydrogens is 382 g/mol. The van der Waals surface area contributed by atoms with Crippen LogP contribution < -0.4 is 16.0 Å². The molecule has 1 aromatic carbocycles. The van der Waals surface area contributed by atoms with E-state index in [-0.39, 0.29) is 17.6 Å². The van der Waals surface area contributed by atoms with Gasteiger partial charge >= 0.3 is 0 Å². The number of carbonyl (C=O) groups is 2. The van der Waals surface area contributed by atoms with Gasteiger partial charge in [-0.1, -0.05) is 40.8 Å². The van der Waals surface area contributed by atoms with Gasteiger partial charge in [-0.15, -0.1) is 10.2 Å². The number of anilines is 2. The Morgan fingerprint density at radius 2 is 2.16 bits per heavy atom. The van der Waals surface area contributed by atoms with E-state index in [4.69, 9.17) is 11.6 Å². The second-order valence-electron chi connectivity index (χ2n) is 4.98. The van der Waals surface area contributed by atoms with Gasteiger partial charge in [-0.2, -0.15) is 0 Å². The molecule has 134 valence electrons. The summed E-state index contributed by atoms with van der Waals surface area (Å²) < 4.78 is 0.658. The third-order valence-electron chi connectivity index (χ3n) is 2.93. The average molecular weight is 400 g/mol. The number of nitrogens with one attached hydrogen (secondary N) is 3. The number of thioether (sulfide) groups is 1. The highest BCUT2D eigenvalue weighted by Gasteiger charge is 2.15. The first-order valence-electron chi connectivity index (χ1n) is 7.54. The van der Waals surface area contributed by atoms with Crippen molar-refractivity contribution in [2.45, 2.75) is 24.2 Å². The van der Waals surface area contributed by atoms with Gasteiger partial charge in [-0.05, 0) is 32.0 Å². The van der Waals surface area contributed by atoms with Crippen molar-refractivity contribution in [2.75, 3.05) is 17.6 Å². The highest BCUT2D eigenvalue weighted by molar-refractivity contribution is 8.01. The zero-order valence-corrected chi connectivity index (χ0v) is 16.1. The number of likely N-dealkylation sites (N-methyl/N-ethyl adjacent to an activating group) is 1. The van der Waals surface area contributed by atoms with Crippen LogP contribution in [0.4, 0.5) is 10.8 Å². The maximum Gasteiger partial charge on any atom is 0.242 e. The molecule has 0 aliphatic rings. The first-order valence-corrected chi connectivity index (χ1v) is 9.72. The highest BCUT2D eigenvalue weighted by atomic mass is 35.5. The fourth-order valence-electron chi connectivity index (χ4n) is 1.81. The predicted molar refractivity (Wildman–Crippen MR) is 102 cm³/mol. The van der Waals surface area contributed by atoms with Gasteiger partial charge < -0.3 is 16.0 Å². The number of benzene rings is 1. The number of nitrogens with zero attached hydrogens (tertiary/aromatic N) is 2. The monoisotopic (exact) mass is 399 g/mol. The van der Waals surface area contributed by atoms with E-state index in [1.807, 2.05) is 19.1 Å². The quantitative estimate of drug-likeness (QED) is 0.590. The fourth-order valence-corrected chi connectivity index (χ4v) is 3.59. The summed E-state index contributed by atoms with van der Waals surface area (Å²) in [4.78, 5) is 23.5. The topological polar surface area (TPSA) is 96.0 Å². The summed E-state index contributed by atoms with van der Waals surface area (Å²) >= 11 is 8.54. The summed E-state index contributed by atoms with van der Waals surface area (Å²) in [6.45, 7) is 4.00. The van der Waals surface area contributed by atoms with Crippen LogP contribution in [0.3, 0.4) is 0 Å². The molecule has 0 fully saturated rings. The molecular formula is C15H18ClN5O2S2. The van der Waals surface area contributed by atoms with Crippen molar-refractivity contribution < 1.29 is 9.59 Å². The lowest BCUT2D eigenvalue weighted by molar-refractivity contribution is -0.127. The number of rotatable bonds is 8. The number of carbonyl (C=O) groups excluding carboxylic acids is 2. The zero-order chi connectivity index (χ0) is 18.2.